The number of likely N-dealkylation sites (N-methyl/N-ethyl adjacent to an activating group) is 1. The third-order valence-corrected chi connectivity index (χ3v) is 5.33. The van der Waals surface area contributed by atoms with Crippen LogP contribution in [0.2, 0.25) is 0 Å². The molecule has 0 fully saturated rings. The molecule has 0 aliphatic heterocycles. The fourth-order valence-electron chi connectivity index (χ4n) is 3.58. The average molecular weight is 373 g/mol. The van der Waals surface area contributed by atoms with E-state index in [1.54, 1.807) is 0 Å². The van der Waals surface area contributed by atoms with Gasteiger partial charge in [-0.3, -0.25) is 0 Å². The van der Waals surface area contributed by atoms with Crippen LogP contribution in [0.25, 0.3) is 10.9 Å². The number of rotatable bonds is 15. The Hall–Kier alpha value is -1.48. The number of fused-ring (bicyclic) bond motifs is 1. The molecule has 3 nitrogen and oxygen atoms in total. The predicted molar refractivity (Wildman–Crippen MR) is 118 cm³/mol. The molecular formula is C24H40N2O. The van der Waals surface area contributed by atoms with Gasteiger partial charge in [0, 0.05) is 23.6 Å². The lowest BCUT2D eigenvalue weighted by atomic mass is 10.1. The molecule has 1 aromatic carbocycles. The summed E-state index contributed by atoms with van der Waals surface area (Å²) >= 11 is 0. The van der Waals surface area contributed by atoms with Crippen LogP contribution >= 0.6 is 0 Å². The van der Waals surface area contributed by atoms with Crippen LogP contribution < -0.4 is 4.74 Å². The molecule has 0 bridgehead atoms. The highest BCUT2D eigenvalue weighted by molar-refractivity contribution is 5.84. The first kappa shape index (κ1) is 21.8. The van der Waals surface area contributed by atoms with Gasteiger partial charge in [-0.05, 0) is 50.7 Å². The molecule has 0 saturated carbocycles. The second kappa shape index (κ2) is 12.8. The number of ether oxygens (including phenoxy) is 1. The second-order valence-corrected chi connectivity index (χ2v) is 8.11. The van der Waals surface area contributed by atoms with Gasteiger partial charge < -0.3 is 14.6 Å². The molecule has 0 saturated heterocycles. The Kier molecular flexibility index (Phi) is 10.4. The van der Waals surface area contributed by atoms with Gasteiger partial charge in [-0.2, -0.15) is 0 Å². The number of nitrogens with one attached hydrogen (secondary N) is 1. The van der Waals surface area contributed by atoms with E-state index in [1.165, 1.54) is 74.3 Å². The zero-order valence-electron chi connectivity index (χ0n) is 17.9. The monoisotopic (exact) mass is 372 g/mol. The minimum atomic E-state index is 0.833. The van der Waals surface area contributed by atoms with E-state index in [0.29, 0.717) is 0 Å². The molecule has 0 aliphatic rings. The van der Waals surface area contributed by atoms with Crippen molar-refractivity contribution >= 4 is 10.9 Å². The van der Waals surface area contributed by atoms with Gasteiger partial charge in [0.2, 0.25) is 0 Å². The summed E-state index contributed by atoms with van der Waals surface area (Å²) in [5, 5.41) is 1.30. The third-order valence-electron chi connectivity index (χ3n) is 5.33. The molecule has 0 spiro atoms. The lowest BCUT2D eigenvalue weighted by Crippen LogP contribution is -2.14. The van der Waals surface area contributed by atoms with Gasteiger partial charge in [-0.1, -0.05) is 64.7 Å². The summed E-state index contributed by atoms with van der Waals surface area (Å²) in [5.74, 6) is 1.00. The molecule has 0 amide bonds. The molecule has 27 heavy (non-hydrogen) atoms. The highest BCUT2D eigenvalue weighted by atomic mass is 16.5. The van der Waals surface area contributed by atoms with Crippen LogP contribution in [-0.2, 0) is 6.42 Å². The smallest absolute Gasteiger partial charge is 0.120 e. The highest BCUT2D eigenvalue weighted by Crippen LogP contribution is 2.24. The Bertz CT molecular complexity index is 632. The maximum Gasteiger partial charge on any atom is 0.120 e. The molecule has 1 aromatic heterocycles. The summed E-state index contributed by atoms with van der Waals surface area (Å²) in [7, 11) is 4.24. The number of unbranched alkanes of at least 4 members (excludes halogenated alkanes) is 9. The van der Waals surface area contributed by atoms with Crippen molar-refractivity contribution in [3.63, 3.8) is 0 Å². The van der Waals surface area contributed by atoms with E-state index in [9.17, 15) is 0 Å². The first-order valence-corrected chi connectivity index (χ1v) is 11.1. The molecule has 0 atom stereocenters. The van der Waals surface area contributed by atoms with Crippen molar-refractivity contribution in [2.75, 3.05) is 27.2 Å². The summed E-state index contributed by atoms with van der Waals surface area (Å²) in [4.78, 5) is 5.60. The van der Waals surface area contributed by atoms with Crippen molar-refractivity contribution in [1.29, 1.82) is 0 Å². The number of H-pyrrole nitrogens is 1. The molecule has 2 rings (SSSR count). The minimum absolute atomic E-state index is 0.833. The fraction of sp³-hybridized carbons (Fsp3) is 0.667. The number of benzene rings is 1. The Labute approximate surface area is 166 Å². The Morgan fingerprint density at radius 3 is 2.22 bits per heavy atom. The Morgan fingerprint density at radius 1 is 0.889 bits per heavy atom. The van der Waals surface area contributed by atoms with Crippen LogP contribution in [0.5, 0.6) is 5.75 Å². The van der Waals surface area contributed by atoms with Gasteiger partial charge in [-0.25, -0.2) is 0 Å². The van der Waals surface area contributed by atoms with Gasteiger partial charge in [0.15, 0.2) is 0 Å². The van der Waals surface area contributed by atoms with E-state index in [2.05, 4.69) is 55.3 Å². The van der Waals surface area contributed by atoms with Crippen molar-refractivity contribution in [1.82, 2.24) is 9.88 Å². The normalized spacial score (nSPS) is 11.6. The van der Waals surface area contributed by atoms with E-state index in [0.717, 1.165) is 31.7 Å². The largest absolute Gasteiger partial charge is 0.494 e. The molecule has 0 unspecified atom stereocenters. The van der Waals surface area contributed by atoms with Crippen molar-refractivity contribution in [3.8, 4) is 5.75 Å². The molecule has 1 heterocycles. The average Bonchev–Trinajstić information content (AvgIpc) is 3.06. The van der Waals surface area contributed by atoms with Crippen molar-refractivity contribution in [3.05, 3.63) is 30.0 Å². The van der Waals surface area contributed by atoms with Gasteiger partial charge in [0.05, 0.1) is 6.61 Å². The van der Waals surface area contributed by atoms with Crippen molar-refractivity contribution in [2.24, 2.45) is 0 Å². The quantitative estimate of drug-likeness (QED) is 0.358. The second-order valence-electron chi connectivity index (χ2n) is 8.11. The van der Waals surface area contributed by atoms with Gasteiger partial charge in [0.1, 0.15) is 5.75 Å². The molecule has 0 radical (unpaired) electrons. The molecule has 1 N–H and O–H groups in total. The van der Waals surface area contributed by atoms with E-state index in [1.807, 2.05) is 0 Å². The van der Waals surface area contributed by atoms with Crippen LogP contribution in [0.15, 0.2) is 24.4 Å². The van der Waals surface area contributed by atoms with E-state index >= 15 is 0 Å². The summed E-state index contributed by atoms with van der Waals surface area (Å²) in [6.45, 7) is 4.18. The Balaban J connectivity index is 1.61. The van der Waals surface area contributed by atoms with Gasteiger partial charge in [0.25, 0.3) is 0 Å². The molecule has 152 valence electrons. The van der Waals surface area contributed by atoms with Crippen LogP contribution in [-0.4, -0.2) is 37.1 Å². The van der Waals surface area contributed by atoms with Crippen LogP contribution in [0.3, 0.4) is 0 Å². The summed E-state index contributed by atoms with van der Waals surface area (Å²) in [6, 6.07) is 6.43. The first-order valence-electron chi connectivity index (χ1n) is 11.1. The maximum atomic E-state index is 6.01. The van der Waals surface area contributed by atoms with Crippen molar-refractivity contribution < 1.29 is 4.74 Å². The maximum absolute atomic E-state index is 6.01. The highest BCUT2D eigenvalue weighted by Gasteiger charge is 2.06. The van der Waals surface area contributed by atoms with Crippen molar-refractivity contribution in [2.45, 2.75) is 77.6 Å². The zero-order valence-corrected chi connectivity index (χ0v) is 17.9. The number of nitrogens with zero attached hydrogens (tertiary/aromatic N) is 1. The topological polar surface area (TPSA) is 28.3 Å². The molecular weight excluding hydrogens is 332 g/mol. The number of aromatic nitrogens is 1. The van der Waals surface area contributed by atoms with Gasteiger partial charge >= 0.3 is 0 Å². The summed E-state index contributed by atoms with van der Waals surface area (Å²) in [5.41, 5.74) is 2.58. The van der Waals surface area contributed by atoms with Gasteiger partial charge in [-0.15, -0.1) is 0 Å². The standard InChI is InChI=1S/C24H40N2O/c1-4-5-6-7-8-9-10-11-12-13-18-27-22-14-15-24-23(19-22)21(20-25-24)16-17-26(2)3/h14-15,19-20,25H,4-13,16-18H2,1-3H3. The molecule has 0 aliphatic carbocycles. The Morgan fingerprint density at radius 2 is 1.56 bits per heavy atom. The predicted octanol–water partition coefficient (Wildman–Crippen LogP) is 6.57. The summed E-state index contributed by atoms with van der Waals surface area (Å²) in [6.07, 6.45) is 16.8. The summed E-state index contributed by atoms with van der Waals surface area (Å²) < 4.78 is 6.01. The van der Waals surface area contributed by atoms with Crippen LogP contribution in [0.4, 0.5) is 0 Å². The van der Waals surface area contributed by atoms with Crippen LogP contribution in [0.1, 0.15) is 76.7 Å². The third kappa shape index (κ3) is 8.38. The molecule has 3 heteroatoms. The lowest BCUT2D eigenvalue weighted by Gasteiger charge is -2.09. The van der Waals surface area contributed by atoms with E-state index in [4.69, 9.17) is 4.74 Å². The zero-order chi connectivity index (χ0) is 19.3. The molecule has 2 aromatic rings. The fourth-order valence-corrected chi connectivity index (χ4v) is 3.58. The number of hydrogen-bond donors (Lipinski definition) is 1. The number of aromatic amines is 1. The van der Waals surface area contributed by atoms with E-state index < -0.39 is 0 Å². The van der Waals surface area contributed by atoms with Crippen LogP contribution in [0, 0.1) is 0 Å². The SMILES string of the molecule is CCCCCCCCCCCCOc1ccc2[nH]cc(CCN(C)C)c2c1. The lowest BCUT2D eigenvalue weighted by molar-refractivity contribution is 0.304. The minimum Gasteiger partial charge on any atom is -0.494 e. The first-order chi connectivity index (χ1) is 13.2. The van der Waals surface area contributed by atoms with E-state index in [-0.39, 0.29) is 0 Å². The number of hydrogen-bond acceptors (Lipinski definition) is 2.